The molecule has 0 unspecified atom stereocenters. The Hall–Kier alpha value is -1.56. The molecule has 5 nitrogen and oxygen atoms in total. The van der Waals surface area contributed by atoms with Crippen LogP contribution in [0, 0.1) is 0 Å². The van der Waals surface area contributed by atoms with Gasteiger partial charge in [-0.2, -0.15) is 0 Å². The first-order valence-electron chi connectivity index (χ1n) is 6.74. The second-order valence-corrected chi connectivity index (χ2v) is 6.13. The van der Waals surface area contributed by atoms with Gasteiger partial charge in [-0.3, -0.25) is 9.20 Å². The third-order valence-corrected chi connectivity index (χ3v) is 3.94. The van der Waals surface area contributed by atoms with Gasteiger partial charge in [0.15, 0.2) is 10.8 Å². The lowest BCUT2D eigenvalue weighted by atomic mass is 10.2. The molecule has 108 valence electrons. The van der Waals surface area contributed by atoms with E-state index in [-0.39, 0.29) is 18.0 Å². The number of hydrogen-bond donors (Lipinski definition) is 0. The van der Waals surface area contributed by atoms with Crippen LogP contribution in [-0.4, -0.2) is 43.2 Å². The number of nitrogens with zero attached hydrogens (tertiary/aromatic N) is 4. The Morgan fingerprint density at radius 1 is 1.25 bits per heavy atom. The first-order chi connectivity index (χ1) is 9.50. The van der Waals surface area contributed by atoms with Gasteiger partial charge in [0.05, 0.1) is 5.75 Å². The number of hydrogen-bond acceptors (Lipinski definition) is 4. The predicted octanol–water partition coefficient (Wildman–Crippen LogP) is 2.47. The molecule has 2 heterocycles. The van der Waals surface area contributed by atoms with Crippen molar-refractivity contribution >= 4 is 23.3 Å². The maximum atomic E-state index is 12.3. The van der Waals surface area contributed by atoms with Crippen LogP contribution in [0.4, 0.5) is 0 Å². The molecule has 0 saturated heterocycles. The van der Waals surface area contributed by atoms with E-state index in [9.17, 15) is 4.79 Å². The van der Waals surface area contributed by atoms with Crippen LogP contribution in [0.5, 0.6) is 0 Å². The van der Waals surface area contributed by atoms with Gasteiger partial charge >= 0.3 is 0 Å². The molecule has 0 fully saturated rings. The molecule has 2 aromatic heterocycles. The largest absolute Gasteiger partial charge is 0.337 e. The minimum absolute atomic E-state index is 0.132. The van der Waals surface area contributed by atoms with Crippen molar-refractivity contribution in [1.82, 2.24) is 19.5 Å². The monoisotopic (exact) mass is 292 g/mol. The maximum absolute atomic E-state index is 12.3. The van der Waals surface area contributed by atoms with Gasteiger partial charge in [-0.15, -0.1) is 10.2 Å². The van der Waals surface area contributed by atoms with E-state index in [1.54, 1.807) is 0 Å². The van der Waals surface area contributed by atoms with E-state index >= 15 is 0 Å². The second kappa shape index (κ2) is 6.26. The van der Waals surface area contributed by atoms with Gasteiger partial charge in [-0.05, 0) is 39.8 Å². The van der Waals surface area contributed by atoms with Gasteiger partial charge < -0.3 is 4.90 Å². The van der Waals surface area contributed by atoms with Crippen LogP contribution in [0.15, 0.2) is 29.6 Å². The molecule has 0 aliphatic carbocycles. The molecule has 0 radical (unpaired) electrons. The summed E-state index contributed by atoms with van der Waals surface area (Å²) in [5.74, 6) is 0.513. The molecule has 20 heavy (non-hydrogen) atoms. The summed E-state index contributed by atoms with van der Waals surface area (Å²) in [5.41, 5.74) is 0.798. The highest BCUT2D eigenvalue weighted by Gasteiger charge is 2.20. The van der Waals surface area contributed by atoms with Crippen LogP contribution in [0.25, 0.3) is 5.65 Å². The van der Waals surface area contributed by atoms with E-state index in [1.807, 2.05) is 61.4 Å². The molecule has 0 N–H and O–H groups in total. The average Bonchev–Trinajstić information content (AvgIpc) is 2.78. The predicted molar refractivity (Wildman–Crippen MR) is 80.8 cm³/mol. The Morgan fingerprint density at radius 3 is 2.60 bits per heavy atom. The highest BCUT2D eigenvalue weighted by molar-refractivity contribution is 7.99. The summed E-state index contributed by atoms with van der Waals surface area (Å²) in [5, 5.41) is 8.95. The van der Waals surface area contributed by atoms with Crippen molar-refractivity contribution in [2.45, 2.75) is 44.9 Å². The Morgan fingerprint density at radius 2 is 1.95 bits per heavy atom. The lowest BCUT2D eigenvalue weighted by Gasteiger charge is -2.30. The van der Waals surface area contributed by atoms with Gasteiger partial charge in [0.1, 0.15) is 0 Å². The van der Waals surface area contributed by atoms with Crippen LogP contribution >= 0.6 is 11.8 Å². The van der Waals surface area contributed by atoms with E-state index in [2.05, 4.69) is 10.2 Å². The van der Waals surface area contributed by atoms with Gasteiger partial charge in [-0.25, -0.2) is 0 Å². The fraction of sp³-hybridized carbons (Fsp3) is 0.500. The topological polar surface area (TPSA) is 50.5 Å². The average molecular weight is 292 g/mol. The molecule has 2 rings (SSSR count). The van der Waals surface area contributed by atoms with E-state index < -0.39 is 0 Å². The van der Waals surface area contributed by atoms with Crippen molar-refractivity contribution in [3.8, 4) is 0 Å². The fourth-order valence-electron chi connectivity index (χ4n) is 2.29. The molecule has 0 aromatic carbocycles. The zero-order valence-corrected chi connectivity index (χ0v) is 13.1. The number of carbonyl (C=O) groups is 1. The summed E-state index contributed by atoms with van der Waals surface area (Å²) >= 11 is 1.43. The highest BCUT2D eigenvalue weighted by Crippen LogP contribution is 2.18. The van der Waals surface area contributed by atoms with Crippen molar-refractivity contribution in [2.75, 3.05) is 5.75 Å². The Balaban J connectivity index is 2.06. The van der Waals surface area contributed by atoms with Gasteiger partial charge in [0.2, 0.25) is 5.91 Å². The summed E-state index contributed by atoms with van der Waals surface area (Å²) in [7, 11) is 0. The molecule has 1 amide bonds. The van der Waals surface area contributed by atoms with Crippen molar-refractivity contribution in [1.29, 1.82) is 0 Å². The van der Waals surface area contributed by atoms with E-state index in [4.69, 9.17) is 0 Å². The summed E-state index contributed by atoms with van der Waals surface area (Å²) in [6.45, 7) is 8.15. The zero-order chi connectivity index (χ0) is 14.7. The molecule has 0 saturated carbocycles. The Bertz CT molecular complexity index is 586. The number of carbonyl (C=O) groups excluding carboxylic acids is 1. The molecule has 6 heteroatoms. The standard InChI is InChI=1S/C14H20N4OS/c1-10(2)18(11(3)4)13(19)9-20-14-16-15-12-7-5-6-8-17(12)14/h5-8,10-11H,9H2,1-4H3. The zero-order valence-electron chi connectivity index (χ0n) is 12.3. The molecular formula is C14H20N4OS. The normalized spacial score (nSPS) is 11.5. The number of thioether (sulfide) groups is 1. The number of fused-ring (bicyclic) bond motifs is 1. The van der Waals surface area contributed by atoms with Crippen LogP contribution in [0.3, 0.4) is 0 Å². The SMILES string of the molecule is CC(C)N(C(=O)CSc1nnc2ccccn12)C(C)C. The Kier molecular flexibility index (Phi) is 4.65. The third kappa shape index (κ3) is 3.12. The second-order valence-electron chi connectivity index (χ2n) is 5.19. The lowest BCUT2D eigenvalue weighted by Crippen LogP contribution is -2.43. The summed E-state index contributed by atoms with van der Waals surface area (Å²) in [4.78, 5) is 14.2. The number of rotatable bonds is 5. The first-order valence-corrected chi connectivity index (χ1v) is 7.73. The van der Waals surface area contributed by atoms with Crippen molar-refractivity contribution in [3.05, 3.63) is 24.4 Å². The molecule has 0 aliphatic heterocycles. The van der Waals surface area contributed by atoms with E-state index in [0.717, 1.165) is 10.8 Å². The molecule has 0 aliphatic rings. The molecule has 2 aromatic rings. The van der Waals surface area contributed by atoms with Crippen LogP contribution in [0.1, 0.15) is 27.7 Å². The number of pyridine rings is 1. The summed E-state index contributed by atoms with van der Waals surface area (Å²) < 4.78 is 1.90. The first kappa shape index (κ1) is 14.8. The number of aromatic nitrogens is 3. The molecular weight excluding hydrogens is 272 g/mol. The quantitative estimate of drug-likeness (QED) is 0.794. The third-order valence-electron chi connectivity index (χ3n) is 3.01. The number of amides is 1. The molecule has 0 atom stereocenters. The summed E-state index contributed by atoms with van der Waals surface area (Å²) in [6.07, 6.45) is 1.91. The van der Waals surface area contributed by atoms with Crippen molar-refractivity contribution in [3.63, 3.8) is 0 Å². The van der Waals surface area contributed by atoms with Crippen molar-refractivity contribution < 1.29 is 4.79 Å². The van der Waals surface area contributed by atoms with Gasteiger partial charge in [0.25, 0.3) is 0 Å². The van der Waals surface area contributed by atoms with Gasteiger partial charge in [-0.1, -0.05) is 17.8 Å². The summed E-state index contributed by atoms with van der Waals surface area (Å²) in [6, 6.07) is 6.16. The Labute approximate surface area is 123 Å². The lowest BCUT2D eigenvalue weighted by molar-refractivity contribution is -0.131. The highest BCUT2D eigenvalue weighted by atomic mass is 32.2. The van der Waals surface area contributed by atoms with E-state index in [1.165, 1.54) is 11.8 Å². The van der Waals surface area contributed by atoms with Crippen molar-refractivity contribution in [2.24, 2.45) is 0 Å². The fourth-order valence-corrected chi connectivity index (χ4v) is 3.08. The van der Waals surface area contributed by atoms with Crippen LogP contribution in [0.2, 0.25) is 0 Å². The minimum atomic E-state index is 0.132. The van der Waals surface area contributed by atoms with Gasteiger partial charge in [0, 0.05) is 18.3 Å². The minimum Gasteiger partial charge on any atom is -0.337 e. The van der Waals surface area contributed by atoms with Crippen LogP contribution < -0.4 is 0 Å². The van der Waals surface area contributed by atoms with E-state index in [0.29, 0.717) is 5.75 Å². The molecule has 0 spiro atoms. The smallest absolute Gasteiger partial charge is 0.233 e. The maximum Gasteiger partial charge on any atom is 0.233 e. The molecule has 0 bridgehead atoms. The van der Waals surface area contributed by atoms with Crippen LogP contribution in [-0.2, 0) is 4.79 Å².